The second-order valence-corrected chi connectivity index (χ2v) is 6.03. The van der Waals surface area contributed by atoms with Crippen molar-refractivity contribution in [3.05, 3.63) is 30.1 Å². The van der Waals surface area contributed by atoms with E-state index in [1.807, 2.05) is 0 Å². The van der Waals surface area contributed by atoms with Crippen LogP contribution in [-0.4, -0.2) is 54.6 Å². The lowest BCUT2D eigenvalue weighted by Gasteiger charge is -2.32. The average Bonchev–Trinajstić information content (AvgIpc) is 2.91. The minimum atomic E-state index is -0.813. The standard InChI is InChI=1S/C16H22FNO3/c17-13-1-3-15(4-2-13)21-12-16(19)7-8-18(11-16)14-5-9-20-10-6-14/h1-4,14,19H,5-12H2. The molecule has 2 heterocycles. The third kappa shape index (κ3) is 3.73. The lowest BCUT2D eigenvalue weighted by Crippen LogP contribution is -2.43. The van der Waals surface area contributed by atoms with Crippen LogP contribution in [0.5, 0.6) is 5.75 Å². The SMILES string of the molecule is OC1(COc2ccc(F)cc2)CCN(C2CCOCC2)C1. The maximum absolute atomic E-state index is 12.8. The molecule has 4 nitrogen and oxygen atoms in total. The molecule has 21 heavy (non-hydrogen) atoms. The number of ether oxygens (including phenoxy) is 2. The summed E-state index contributed by atoms with van der Waals surface area (Å²) in [5, 5.41) is 10.6. The number of benzene rings is 1. The van der Waals surface area contributed by atoms with Crippen LogP contribution < -0.4 is 4.74 Å². The molecule has 0 aliphatic carbocycles. The molecule has 0 aromatic heterocycles. The van der Waals surface area contributed by atoms with E-state index in [1.165, 1.54) is 12.1 Å². The summed E-state index contributed by atoms with van der Waals surface area (Å²) in [5.41, 5.74) is -0.813. The van der Waals surface area contributed by atoms with Crippen LogP contribution >= 0.6 is 0 Å². The molecule has 116 valence electrons. The Bertz CT molecular complexity index is 461. The van der Waals surface area contributed by atoms with Gasteiger partial charge in [0, 0.05) is 32.3 Å². The van der Waals surface area contributed by atoms with Gasteiger partial charge in [0.25, 0.3) is 0 Å². The monoisotopic (exact) mass is 295 g/mol. The maximum atomic E-state index is 12.8. The summed E-state index contributed by atoms with van der Waals surface area (Å²) in [6.07, 6.45) is 2.79. The van der Waals surface area contributed by atoms with Crippen LogP contribution in [0.25, 0.3) is 0 Å². The zero-order valence-electron chi connectivity index (χ0n) is 12.1. The highest BCUT2D eigenvalue weighted by Gasteiger charge is 2.39. The number of rotatable bonds is 4. The van der Waals surface area contributed by atoms with Crippen molar-refractivity contribution >= 4 is 0 Å². The van der Waals surface area contributed by atoms with E-state index in [0.717, 1.165) is 32.6 Å². The van der Waals surface area contributed by atoms with Crippen molar-refractivity contribution in [2.45, 2.75) is 30.9 Å². The third-order valence-corrected chi connectivity index (χ3v) is 4.39. The molecule has 0 spiro atoms. The van der Waals surface area contributed by atoms with Gasteiger partial charge in [0.15, 0.2) is 0 Å². The molecule has 2 fully saturated rings. The molecule has 1 N–H and O–H groups in total. The Balaban J connectivity index is 1.52. The predicted octanol–water partition coefficient (Wildman–Crippen LogP) is 1.82. The molecule has 1 unspecified atom stereocenters. The lowest BCUT2D eigenvalue weighted by molar-refractivity contribution is -0.00997. The number of likely N-dealkylation sites (tertiary alicyclic amines) is 1. The highest BCUT2D eigenvalue weighted by atomic mass is 19.1. The number of halogens is 1. The Morgan fingerprint density at radius 2 is 2.00 bits per heavy atom. The first kappa shape index (κ1) is 14.8. The molecule has 2 saturated heterocycles. The van der Waals surface area contributed by atoms with E-state index in [4.69, 9.17) is 9.47 Å². The molecule has 2 aliphatic heterocycles. The molecule has 0 saturated carbocycles. The van der Waals surface area contributed by atoms with Crippen LogP contribution in [0.4, 0.5) is 4.39 Å². The second kappa shape index (κ2) is 6.30. The summed E-state index contributed by atoms with van der Waals surface area (Å²) in [7, 11) is 0. The van der Waals surface area contributed by atoms with Gasteiger partial charge in [-0.15, -0.1) is 0 Å². The van der Waals surface area contributed by atoms with Crippen molar-refractivity contribution in [2.24, 2.45) is 0 Å². The van der Waals surface area contributed by atoms with E-state index in [0.29, 0.717) is 24.8 Å². The van der Waals surface area contributed by atoms with Gasteiger partial charge >= 0.3 is 0 Å². The van der Waals surface area contributed by atoms with Gasteiger partial charge in [0.05, 0.1) is 0 Å². The van der Waals surface area contributed by atoms with E-state index in [9.17, 15) is 9.50 Å². The first-order valence-electron chi connectivity index (χ1n) is 7.57. The number of hydrogen-bond donors (Lipinski definition) is 1. The normalized spacial score (nSPS) is 27.9. The minimum absolute atomic E-state index is 0.248. The summed E-state index contributed by atoms with van der Waals surface area (Å²) in [6, 6.07) is 6.41. The highest BCUT2D eigenvalue weighted by Crippen LogP contribution is 2.27. The van der Waals surface area contributed by atoms with Gasteiger partial charge in [-0.1, -0.05) is 0 Å². The summed E-state index contributed by atoms with van der Waals surface area (Å²) < 4.78 is 23.8. The van der Waals surface area contributed by atoms with Gasteiger partial charge < -0.3 is 14.6 Å². The van der Waals surface area contributed by atoms with Gasteiger partial charge in [0.2, 0.25) is 0 Å². The Kier molecular flexibility index (Phi) is 4.42. The highest BCUT2D eigenvalue weighted by molar-refractivity contribution is 5.22. The Hall–Kier alpha value is -1.17. The molecule has 0 amide bonds. The van der Waals surface area contributed by atoms with Crippen molar-refractivity contribution in [3.63, 3.8) is 0 Å². The van der Waals surface area contributed by atoms with Crippen LogP contribution in [0.15, 0.2) is 24.3 Å². The van der Waals surface area contributed by atoms with Crippen molar-refractivity contribution in [1.29, 1.82) is 0 Å². The molecule has 0 bridgehead atoms. The quantitative estimate of drug-likeness (QED) is 0.920. The van der Waals surface area contributed by atoms with Crippen molar-refractivity contribution in [2.75, 3.05) is 32.9 Å². The third-order valence-electron chi connectivity index (χ3n) is 4.39. The van der Waals surface area contributed by atoms with Gasteiger partial charge in [-0.25, -0.2) is 4.39 Å². The smallest absolute Gasteiger partial charge is 0.123 e. The predicted molar refractivity (Wildman–Crippen MR) is 76.9 cm³/mol. The van der Waals surface area contributed by atoms with Crippen LogP contribution in [-0.2, 0) is 4.74 Å². The van der Waals surface area contributed by atoms with Crippen molar-refractivity contribution < 1.29 is 19.0 Å². The summed E-state index contributed by atoms with van der Waals surface area (Å²) in [5.74, 6) is 0.307. The zero-order chi connectivity index (χ0) is 14.7. The number of aliphatic hydroxyl groups is 1. The zero-order valence-corrected chi connectivity index (χ0v) is 12.1. The molecule has 1 atom stereocenters. The number of nitrogens with zero attached hydrogens (tertiary/aromatic N) is 1. The van der Waals surface area contributed by atoms with E-state index in [-0.39, 0.29) is 12.4 Å². The van der Waals surface area contributed by atoms with Crippen molar-refractivity contribution in [3.8, 4) is 5.75 Å². The average molecular weight is 295 g/mol. The summed E-state index contributed by atoms with van der Waals surface area (Å²) in [4.78, 5) is 2.34. The molecule has 1 aromatic rings. The van der Waals surface area contributed by atoms with Gasteiger partial charge in [-0.05, 0) is 43.5 Å². The fourth-order valence-corrected chi connectivity index (χ4v) is 3.12. The molecule has 1 aromatic carbocycles. The van der Waals surface area contributed by atoms with E-state index in [1.54, 1.807) is 12.1 Å². The summed E-state index contributed by atoms with van der Waals surface area (Å²) >= 11 is 0. The largest absolute Gasteiger partial charge is 0.491 e. The Morgan fingerprint density at radius 1 is 1.29 bits per heavy atom. The first-order valence-corrected chi connectivity index (χ1v) is 7.57. The molecular weight excluding hydrogens is 273 g/mol. The number of hydrogen-bond acceptors (Lipinski definition) is 4. The van der Waals surface area contributed by atoms with Crippen molar-refractivity contribution in [1.82, 2.24) is 4.90 Å². The van der Waals surface area contributed by atoms with Crippen LogP contribution in [0.3, 0.4) is 0 Å². The fraction of sp³-hybridized carbons (Fsp3) is 0.625. The molecule has 5 heteroatoms. The van der Waals surface area contributed by atoms with Gasteiger partial charge in [-0.2, -0.15) is 0 Å². The Labute approximate surface area is 124 Å². The molecule has 3 rings (SSSR count). The first-order chi connectivity index (χ1) is 10.1. The van der Waals surface area contributed by atoms with E-state index in [2.05, 4.69) is 4.90 Å². The lowest BCUT2D eigenvalue weighted by atomic mass is 10.0. The molecular formula is C16H22FNO3. The molecule has 0 radical (unpaired) electrons. The van der Waals surface area contributed by atoms with Gasteiger partial charge in [0.1, 0.15) is 23.8 Å². The number of β-amino-alcohol motifs (C(OH)–C–C–N with tert-alkyl or cyclic N) is 1. The van der Waals surface area contributed by atoms with Crippen LogP contribution in [0.2, 0.25) is 0 Å². The van der Waals surface area contributed by atoms with Gasteiger partial charge in [-0.3, -0.25) is 4.90 Å². The summed E-state index contributed by atoms with van der Waals surface area (Å²) in [6.45, 7) is 3.41. The van der Waals surface area contributed by atoms with E-state index < -0.39 is 5.60 Å². The van der Waals surface area contributed by atoms with Crippen LogP contribution in [0.1, 0.15) is 19.3 Å². The van der Waals surface area contributed by atoms with Crippen LogP contribution in [0, 0.1) is 5.82 Å². The Morgan fingerprint density at radius 3 is 2.71 bits per heavy atom. The maximum Gasteiger partial charge on any atom is 0.123 e. The van der Waals surface area contributed by atoms with E-state index >= 15 is 0 Å². The minimum Gasteiger partial charge on any atom is -0.491 e. The topological polar surface area (TPSA) is 41.9 Å². The fourth-order valence-electron chi connectivity index (χ4n) is 3.12. The molecule has 2 aliphatic rings. The second-order valence-electron chi connectivity index (χ2n) is 6.03.